The van der Waals surface area contributed by atoms with Crippen LogP contribution in [0.3, 0.4) is 0 Å². The fourth-order valence-corrected chi connectivity index (χ4v) is 2.83. The molecule has 0 aliphatic rings. The van der Waals surface area contributed by atoms with Crippen LogP contribution in [0.4, 0.5) is 0 Å². The third kappa shape index (κ3) is 3.89. The fraction of sp³-hybridized carbons (Fsp3) is 0.300. The summed E-state index contributed by atoms with van der Waals surface area (Å²) in [6, 6.07) is 1.26. The number of H-pyrrole nitrogens is 1. The van der Waals surface area contributed by atoms with E-state index < -0.39 is 10.0 Å². The van der Waals surface area contributed by atoms with Crippen LogP contribution in [0.5, 0.6) is 0 Å². The summed E-state index contributed by atoms with van der Waals surface area (Å²) in [4.78, 5) is 7.63. The molecule has 0 aromatic carbocycles. The fourth-order valence-electron chi connectivity index (χ4n) is 1.45. The second kappa shape index (κ2) is 6.49. The number of rotatable bonds is 6. The lowest BCUT2D eigenvalue weighted by Crippen LogP contribution is -2.25. The molecule has 0 radical (unpaired) electrons. The molecule has 20 heavy (non-hydrogen) atoms. The summed E-state index contributed by atoms with van der Waals surface area (Å²) in [5.41, 5.74) is 0. The number of nitrogens with zero attached hydrogens (tertiary/aromatic N) is 3. The highest BCUT2D eigenvalue weighted by atomic mass is 35.5. The summed E-state index contributed by atoms with van der Waals surface area (Å²) in [5, 5.41) is 6.56. The smallest absolute Gasteiger partial charge is 0.242 e. The van der Waals surface area contributed by atoms with E-state index in [1.54, 1.807) is 0 Å². The molecule has 0 saturated carbocycles. The monoisotopic (exact) mass is 335 g/mol. The van der Waals surface area contributed by atoms with Gasteiger partial charge in [0.2, 0.25) is 10.0 Å². The van der Waals surface area contributed by atoms with E-state index in [0.29, 0.717) is 18.7 Å². The van der Waals surface area contributed by atoms with Crippen molar-refractivity contribution in [3.8, 4) is 0 Å². The highest BCUT2D eigenvalue weighted by Crippen LogP contribution is 2.21. The highest BCUT2D eigenvalue weighted by molar-refractivity contribution is 7.89. The van der Waals surface area contributed by atoms with Crippen LogP contribution < -0.4 is 4.72 Å². The second-order valence-electron chi connectivity index (χ2n) is 3.88. The standard InChI is InChI=1S/C10H11Cl2N5O2S/c11-8-4-7(5-13-10(8)12)20(18,19)16-3-1-2-9-14-6-15-17-9/h4-6,16H,1-3H2,(H,14,15,17). The van der Waals surface area contributed by atoms with Gasteiger partial charge in [-0.3, -0.25) is 5.10 Å². The van der Waals surface area contributed by atoms with Crippen molar-refractivity contribution in [1.29, 1.82) is 0 Å². The van der Waals surface area contributed by atoms with Crippen LogP contribution in [0.2, 0.25) is 10.2 Å². The molecule has 0 bridgehead atoms. The van der Waals surface area contributed by atoms with Crippen molar-refractivity contribution in [3.63, 3.8) is 0 Å². The molecule has 0 fully saturated rings. The van der Waals surface area contributed by atoms with Gasteiger partial charge in [-0.25, -0.2) is 23.1 Å². The number of nitrogens with one attached hydrogen (secondary N) is 2. The van der Waals surface area contributed by atoms with Gasteiger partial charge in [-0.1, -0.05) is 23.2 Å². The number of sulfonamides is 1. The minimum atomic E-state index is -3.64. The molecular formula is C10H11Cl2N5O2S. The zero-order valence-corrected chi connectivity index (χ0v) is 12.5. The molecule has 2 aromatic heterocycles. The van der Waals surface area contributed by atoms with Crippen LogP contribution in [0.25, 0.3) is 0 Å². The summed E-state index contributed by atoms with van der Waals surface area (Å²) in [5.74, 6) is 0.709. The van der Waals surface area contributed by atoms with Crippen LogP contribution in [-0.4, -0.2) is 35.1 Å². The van der Waals surface area contributed by atoms with Crippen LogP contribution >= 0.6 is 23.2 Å². The van der Waals surface area contributed by atoms with Crippen molar-refractivity contribution in [2.45, 2.75) is 17.7 Å². The van der Waals surface area contributed by atoms with Gasteiger partial charge >= 0.3 is 0 Å². The molecule has 108 valence electrons. The molecule has 2 aromatic rings. The van der Waals surface area contributed by atoms with E-state index in [1.165, 1.54) is 12.4 Å². The number of pyridine rings is 1. The number of halogens is 2. The van der Waals surface area contributed by atoms with Gasteiger partial charge in [-0.2, -0.15) is 5.10 Å². The Morgan fingerprint density at radius 3 is 2.75 bits per heavy atom. The largest absolute Gasteiger partial charge is 0.263 e. The molecule has 7 nitrogen and oxygen atoms in total. The van der Waals surface area contributed by atoms with Crippen LogP contribution in [0.15, 0.2) is 23.5 Å². The third-order valence-corrected chi connectivity index (χ3v) is 4.54. The molecule has 2 rings (SSSR count). The molecule has 2 heterocycles. The van der Waals surface area contributed by atoms with Gasteiger partial charge in [-0.15, -0.1) is 0 Å². The van der Waals surface area contributed by atoms with Crippen LogP contribution in [0, 0.1) is 0 Å². The summed E-state index contributed by atoms with van der Waals surface area (Å²) < 4.78 is 26.4. The molecule has 0 aliphatic heterocycles. The lowest BCUT2D eigenvalue weighted by molar-refractivity contribution is 0.578. The van der Waals surface area contributed by atoms with Crippen molar-refractivity contribution in [2.24, 2.45) is 0 Å². The number of hydrogen-bond acceptors (Lipinski definition) is 5. The first-order valence-electron chi connectivity index (χ1n) is 5.64. The molecule has 0 saturated heterocycles. The predicted octanol–water partition coefficient (Wildman–Crippen LogP) is 1.42. The Labute approximate surface area is 125 Å². The normalized spacial score (nSPS) is 11.7. The average molecular weight is 336 g/mol. The van der Waals surface area contributed by atoms with E-state index in [-0.39, 0.29) is 21.6 Å². The summed E-state index contributed by atoms with van der Waals surface area (Å²) >= 11 is 11.4. The minimum absolute atomic E-state index is 0.0217. The first kappa shape index (κ1) is 15.2. The molecule has 0 aliphatic carbocycles. The number of aromatic amines is 1. The van der Waals surface area contributed by atoms with Crippen LogP contribution in [-0.2, 0) is 16.4 Å². The Bertz CT molecular complexity index is 675. The maximum Gasteiger partial charge on any atom is 0.242 e. The molecule has 0 atom stereocenters. The molecule has 0 amide bonds. The van der Waals surface area contributed by atoms with Gasteiger partial charge in [0.25, 0.3) is 0 Å². The van der Waals surface area contributed by atoms with Gasteiger partial charge in [-0.05, 0) is 12.5 Å². The Balaban J connectivity index is 1.92. The Kier molecular flexibility index (Phi) is 4.92. The molecule has 0 spiro atoms. The Hall–Kier alpha value is -1.22. The van der Waals surface area contributed by atoms with Gasteiger partial charge in [0.15, 0.2) is 0 Å². The quantitative estimate of drug-likeness (QED) is 0.614. The maximum absolute atomic E-state index is 12.0. The molecule has 10 heteroatoms. The van der Waals surface area contributed by atoms with E-state index in [0.717, 1.165) is 6.20 Å². The molecule has 0 unspecified atom stereocenters. The third-order valence-electron chi connectivity index (χ3n) is 2.43. The zero-order valence-electron chi connectivity index (χ0n) is 10.2. The lowest BCUT2D eigenvalue weighted by atomic mass is 10.3. The summed E-state index contributed by atoms with van der Waals surface area (Å²) in [6.07, 6.45) is 3.75. The van der Waals surface area contributed by atoms with E-state index in [1.807, 2.05) is 0 Å². The first-order valence-corrected chi connectivity index (χ1v) is 7.88. The Morgan fingerprint density at radius 1 is 1.30 bits per heavy atom. The Morgan fingerprint density at radius 2 is 2.10 bits per heavy atom. The zero-order chi connectivity index (χ0) is 14.6. The van der Waals surface area contributed by atoms with E-state index in [4.69, 9.17) is 23.2 Å². The van der Waals surface area contributed by atoms with E-state index in [2.05, 4.69) is 24.9 Å². The van der Waals surface area contributed by atoms with Gasteiger partial charge in [0.1, 0.15) is 22.2 Å². The van der Waals surface area contributed by atoms with Crippen molar-refractivity contribution in [3.05, 3.63) is 34.6 Å². The number of aromatic nitrogens is 4. The predicted molar refractivity (Wildman–Crippen MR) is 74.1 cm³/mol. The average Bonchev–Trinajstić information content (AvgIpc) is 2.91. The number of aryl methyl sites for hydroxylation is 1. The SMILES string of the molecule is O=S(=O)(NCCCc1ncn[nH]1)c1cnc(Cl)c(Cl)c1. The van der Waals surface area contributed by atoms with E-state index >= 15 is 0 Å². The molecular weight excluding hydrogens is 325 g/mol. The molecule has 2 N–H and O–H groups in total. The number of hydrogen-bond donors (Lipinski definition) is 2. The highest BCUT2D eigenvalue weighted by Gasteiger charge is 2.15. The van der Waals surface area contributed by atoms with Crippen molar-refractivity contribution >= 4 is 33.2 Å². The van der Waals surface area contributed by atoms with Crippen molar-refractivity contribution in [1.82, 2.24) is 24.9 Å². The van der Waals surface area contributed by atoms with Gasteiger partial charge < -0.3 is 0 Å². The van der Waals surface area contributed by atoms with Gasteiger partial charge in [0.05, 0.1) is 5.02 Å². The van der Waals surface area contributed by atoms with E-state index in [9.17, 15) is 8.42 Å². The van der Waals surface area contributed by atoms with Crippen molar-refractivity contribution < 1.29 is 8.42 Å². The topological polar surface area (TPSA) is 101 Å². The lowest BCUT2D eigenvalue weighted by Gasteiger charge is -2.06. The van der Waals surface area contributed by atoms with Crippen LogP contribution in [0.1, 0.15) is 12.2 Å². The summed E-state index contributed by atoms with van der Waals surface area (Å²) in [6.45, 7) is 0.267. The van der Waals surface area contributed by atoms with Crippen molar-refractivity contribution in [2.75, 3.05) is 6.54 Å². The van der Waals surface area contributed by atoms with Gasteiger partial charge in [0, 0.05) is 19.2 Å². The summed E-state index contributed by atoms with van der Waals surface area (Å²) in [7, 11) is -3.64. The minimum Gasteiger partial charge on any atom is -0.263 e. The maximum atomic E-state index is 12.0. The second-order valence-corrected chi connectivity index (χ2v) is 6.41. The first-order chi connectivity index (χ1) is 9.49.